The number of H-pyrrole nitrogens is 2. The van der Waals surface area contributed by atoms with Crippen molar-refractivity contribution in [2.45, 2.75) is 0 Å². The van der Waals surface area contributed by atoms with Crippen molar-refractivity contribution in [1.82, 2.24) is 20.4 Å². The first kappa shape index (κ1) is 15.0. The van der Waals surface area contributed by atoms with Gasteiger partial charge in [0, 0.05) is 12.4 Å². The second-order valence-electron chi connectivity index (χ2n) is 2.52. The molecule has 0 fully saturated rings. The fourth-order valence-corrected chi connectivity index (χ4v) is 0.739. The van der Waals surface area contributed by atoms with Crippen molar-refractivity contribution in [2.24, 2.45) is 0 Å². The summed E-state index contributed by atoms with van der Waals surface area (Å²) in [5.41, 5.74) is 0.00926. The van der Waals surface area contributed by atoms with Crippen molar-refractivity contribution in [3.8, 4) is 0 Å². The zero-order valence-corrected chi connectivity index (χ0v) is 10.4. The number of carbonyl (C=O) groups is 2. The zero-order chi connectivity index (χ0) is 12.0. The molecule has 0 atom stereocenters. The maximum atomic E-state index is 9.88. The number of carbonyl (C=O) groups excluding carboxylic acids is 2. The number of aromatic carboxylic acids is 2. The van der Waals surface area contributed by atoms with Gasteiger partial charge in [-0.3, -0.25) is 10.2 Å². The Balaban J connectivity index is 0.000000284. The summed E-state index contributed by atoms with van der Waals surface area (Å²) in [7, 11) is 0. The van der Waals surface area contributed by atoms with E-state index in [1.54, 1.807) is 0 Å². The Morgan fingerprint density at radius 3 is 1.41 bits per heavy atom. The van der Waals surface area contributed by atoms with E-state index in [-0.39, 0.29) is 32.5 Å². The second-order valence-corrected chi connectivity index (χ2v) is 2.52. The number of nitrogens with one attached hydrogen (secondary N) is 2. The summed E-state index contributed by atoms with van der Waals surface area (Å²) < 4.78 is 0. The Morgan fingerprint density at radius 2 is 1.29 bits per heavy atom. The second kappa shape index (κ2) is 7.34. The summed E-state index contributed by atoms with van der Waals surface area (Å²) in [6, 6.07) is 2.66. The van der Waals surface area contributed by atoms with Crippen LogP contribution in [0, 0.1) is 0 Å². The minimum Gasteiger partial charge on any atom is -0.543 e. The van der Waals surface area contributed by atoms with Crippen LogP contribution in [0.5, 0.6) is 0 Å². The molecule has 2 heterocycles. The standard InChI is InChI=1S/2C4H4N2O2.Pt/c2*7-4(8)3-1-2-5-6-3;/h2*1-2H,(H,5,6)(H,7,8);/q;;+2/p-2. The van der Waals surface area contributed by atoms with Gasteiger partial charge in [0.2, 0.25) is 0 Å². The van der Waals surface area contributed by atoms with Crippen LogP contribution in [0.3, 0.4) is 0 Å². The summed E-state index contributed by atoms with van der Waals surface area (Å²) in [5, 5.41) is 31.0. The van der Waals surface area contributed by atoms with Crippen LogP contribution < -0.4 is 10.2 Å². The monoisotopic (exact) mass is 417 g/mol. The van der Waals surface area contributed by atoms with E-state index < -0.39 is 11.9 Å². The van der Waals surface area contributed by atoms with Crippen molar-refractivity contribution >= 4 is 11.9 Å². The molecule has 0 aliphatic rings. The van der Waals surface area contributed by atoms with Gasteiger partial charge >= 0.3 is 21.1 Å². The van der Waals surface area contributed by atoms with Gasteiger partial charge in [-0.1, -0.05) is 0 Å². The molecule has 0 spiro atoms. The van der Waals surface area contributed by atoms with Crippen molar-refractivity contribution in [2.75, 3.05) is 0 Å². The van der Waals surface area contributed by atoms with Gasteiger partial charge in [-0.25, -0.2) is 0 Å². The smallest absolute Gasteiger partial charge is 0.543 e. The van der Waals surface area contributed by atoms with E-state index in [9.17, 15) is 19.8 Å². The van der Waals surface area contributed by atoms with Gasteiger partial charge in [0.05, 0.1) is 23.3 Å². The van der Waals surface area contributed by atoms with Gasteiger partial charge < -0.3 is 19.8 Å². The Morgan fingerprint density at radius 1 is 0.941 bits per heavy atom. The Kier molecular flexibility index (Phi) is 6.50. The van der Waals surface area contributed by atoms with Gasteiger partial charge in [0.15, 0.2) is 0 Å². The molecule has 2 aromatic heterocycles. The third kappa shape index (κ3) is 5.07. The fraction of sp³-hybridized carbons (Fsp3) is 0. The molecule has 0 aliphatic carbocycles. The van der Waals surface area contributed by atoms with E-state index in [0.29, 0.717) is 0 Å². The van der Waals surface area contributed by atoms with Crippen LogP contribution in [0.4, 0.5) is 0 Å². The topological polar surface area (TPSA) is 138 Å². The molecule has 17 heavy (non-hydrogen) atoms. The number of aromatic amines is 2. The number of carboxylic acids is 2. The normalized spacial score (nSPS) is 8.47. The number of hydrogen-bond acceptors (Lipinski definition) is 6. The summed E-state index contributed by atoms with van der Waals surface area (Å²) in [5.74, 6) is -2.47. The van der Waals surface area contributed by atoms with Crippen molar-refractivity contribution in [1.29, 1.82) is 0 Å². The molecule has 2 rings (SSSR count). The van der Waals surface area contributed by atoms with Gasteiger partial charge in [-0.2, -0.15) is 10.2 Å². The molecule has 2 aromatic rings. The van der Waals surface area contributed by atoms with Crippen molar-refractivity contribution in [3.63, 3.8) is 0 Å². The molecule has 0 aliphatic heterocycles. The summed E-state index contributed by atoms with van der Waals surface area (Å²) >= 11 is 0. The number of aromatic nitrogens is 4. The summed E-state index contributed by atoms with van der Waals surface area (Å²) in [6.07, 6.45) is 2.70. The quantitative estimate of drug-likeness (QED) is 0.556. The SMILES string of the molecule is O=C([O-])c1ccn[nH]1.O=C([O-])c1ccn[nH]1.[Pt+2]. The average molecular weight is 417 g/mol. The Bertz CT molecular complexity index is 410. The first-order valence-corrected chi connectivity index (χ1v) is 4.02. The Hall–Kier alpha value is -1.95. The van der Waals surface area contributed by atoms with Gasteiger partial charge in [0.1, 0.15) is 0 Å². The predicted octanol–water partition coefficient (Wildman–Crippen LogP) is -2.46. The molecule has 0 aromatic carbocycles. The molecule has 0 saturated carbocycles. The van der Waals surface area contributed by atoms with Crippen molar-refractivity contribution in [3.05, 3.63) is 35.9 Å². The molecular weight excluding hydrogens is 411 g/mol. The molecule has 0 unspecified atom stereocenters. The summed E-state index contributed by atoms with van der Waals surface area (Å²) in [6.45, 7) is 0. The predicted molar refractivity (Wildman–Crippen MR) is 45.8 cm³/mol. The molecule has 9 heteroatoms. The number of nitrogens with zero attached hydrogens (tertiary/aromatic N) is 2. The number of carboxylic acid groups (broad SMARTS) is 2. The fourth-order valence-electron chi connectivity index (χ4n) is 0.739. The summed E-state index contributed by atoms with van der Waals surface area (Å²) in [4.78, 5) is 19.8. The Labute approximate surface area is 109 Å². The minimum atomic E-state index is -1.23. The molecule has 8 nitrogen and oxygen atoms in total. The zero-order valence-electron chi connectivity index (χ0n) is 8.15. The van der Waals surface area contributed by atoms with E-state index in [2.05, 4.69) is 20.4 Å². The first-order chi connectivity index (χ1) is 7.61. The average Bonchev–Trinajstić information content (AvgIpc) is 2.93. The largest absolute Gasteiger partial charge is 2.00 e. The van der Waals surface area contributed by atoms with Gasteiger partial charge in [-0.15, -0.1) is 0 Å². The molecule has 92 valence electrons. The minimum absolute atomic E-state index is 0. The third-order valence-electron chi connectivity index (χ3n) is 1.44. The van der Waals surface area contributed by atoms with E-state index in [0.717, 1.165) is 0 Å². The first-order valence-electron chi connectivity index (χ1n) is 4.02. The van der Waals surface area contributed by atoms with Crippen LogP contribution in [0.15, 0.2) is 24.5 Å². The third-order valence-corrected chi connectivity index (χ3v) is 1.44. The molecule has 0 amide bonds. The molecule has 2 N–H and O–H groups in total. The number of hydrogen-bond donors (Lipinski definition) is 2. The van der Waals surface area contributed by atoms with Crippen LogP contribution in [-0.2, 0) is 21.1 Å². The van der Waals surface area contributed by atoms with E-state index in [1.165, 1.54) is 24.5 Å². The van der Waals surface area contributed by atoms with Crippen LogP contribution >= 0.6 is 0 Å². The van der Waals surface area contributed by atoms with Crippen LogP contribution in [0.2, 0.25) is 0 Å². The molecule has 0 radical (unpaired) electrons. The van der Waals surface area contributed by atoms with E-state index in [4.69, 9.17) is 0 Å². The molecular formula is C8H6N4O4Pt. The molecule has 0 bridgehead atoms. The van der Waals surface area contributed by atoms with Crippen molar-refractivity contribution < 1.29 is 40.9 Å². The molecule has 0 saturated heterocycles. The maximum absolute atomic E-state index is 9.88. The van der Waals surface area contributed by atoms with Gasteiger partial charge in [-0.05, 0) is 12.1 Å². The van der Waals surface area contributed by atoms with Gasteiger partial charge in [0.25, 0.3) is 0 Å². The maximum Gasteiger partial charge on any atom is 2.00 e. The van der Waals surface area contributed by atoms with Crippen LogP contribution in [0.1, 0.15) is 21.0 Å². The van der Waals surface area contributed by atoms with Crippen LogP contribution in [0.25, 0.3) is 0 Å². The van der Waals surface area contributed by atoms with E-state index in [1.807, 2.05) is 0 Å². The van der Waals surface area contributed by atoms with Crippen LogP contribution in [-0.4, -0.2) is 32.3 Å². The van der Waals surface area contributed by atoms with E-state index >= 15 is 0 Å². The number of rotatable bonds is 2.